The Morgan fingerprint density at radius 3 is 2.64 bits per heavy atom. The Hall–Kier alpha value is -2.72. The zero-order valence-electron chi connectivity index (χ0n) is 13.8. The minimum absolute atomic E-state index is 0.246. The third-order valence-corrected chi connectivity index (χ3v) is 4.11. The average Bonchev–Trinajstić information content (AvgIpc) is 3.09. The molecule has 0 atom stereocenters. The fourth-order valence-corrected chi connectivity index (χ4v) is 2.55. The van der Waals surface area contributed by atoms with E-state index in [9.17, 15) is 4.79 Å². The summed E-state index contributed by atoms with van der Waals surface area (Å²) in [5.41, 5.74) is 1.90. The van der Waals surface area contributed by atoms with Crippen molar-refractivity contribution in [3.05, 3.63) is 88.3 Å². The number of nitrogens with one attached hydrogen (secondary N) is 1. The largest absolute Gasteiger partial charge is 0.485 e. The molecule has 1 aromatic heterocycles. The molecule has 0 radical (unpaired) electrons. The molecule has 25 heavy (non-hydrogen) atoms. The lowest BCUT2D eigenvalue weighted by Crippen LogP contribution is -2.22. The van der Waals surface area contributed by atoms with Crippen molar-refractivity contribution in [1.82, 2.24) is 5.32 Å². The second kappa shape index (κ2) is 7.90. The third-order valence-electron chi connectivity index (χ3n) is 3.75. The molecular formula is C20H18ClNO3. The molecular weight excluding hydrogens is 338 g/mol. The van der Waals surface area contributed by atoms with E-state index in [1.165, 1.54) is 0 Å². The quantitative estimate of drug-likeness (QED) is 0.694. The van der Waals surface area contributed by atoms with E-state index in [2.05, 4.69) is 5.32 Å². The van der Waals surface area contributed by atoms with Crippen LogP contribution >= 0.6 is 11.6 Å². The molecule has 2 aromatic carbocycles. The monoisotopic (exact) mass is 355 g/mol. The van der Waals surface area contributed by atoms with Crippen molar-refractivity contribution in [3.63, 3.8) is 0 Å². The number of carbonyl (C=O) groups excluding carboxylic acids is 1. The summed E-state index contributed by atoms with van der Waals surface area (Å²) in [7, 11) is 0. The Balaban J connectivity index is 1.56. The summed E-state index contributed by atoms with van der Waals surface area (Å²) < 4.78 is 11.3. The number of aryl methyl sites for hydroxylation is 1. The fourth-order valence-electron chi connectivity index (χ4n) is 2.35. The average molecular weight is 356 g/mol. The summed E-state index contributed by atoms with van der Waals surface area (Å²) in [6.07, 6.45) is 0. The van der Waals surface area contributed by atoms with E-state index in [1.807, 2.05) is 49.4 Å². The van der Waals surface area contributed by atoms with Gasteiger partial charge in [0.05, 0.1) is 0 Å². The first-order chi connectivity index (χ1) is 12.1. The Labute approximate surface area is 151 Å². The molecule has 1 N–H and O–H groups in total. The molecule has 4 nitrogen and oxygen atoms in total. The number of hydrogen-bond acceptors (Lipinski definition) is 3. The number of benzene rings is 2. The summed E-state index contributed by atoms with van der Waals surface area (Å²) in [6.45, 7) is 2.59. The zero-order valence-corrected chi connectivity index (χ0v) is 14.5. The Morgan fingerprint density at radius 2 is 1.84 bits per heavy atom. The van der Waals surface area contributed by atoms with Crippen LogP contribution in [0.2, 0.25) is 5.02 Å². The van der Waals surface area contributed by atoms with Gasteiger partial charge in [-0.15, -0.1) is 0 Å². The van der Waals surface area contributed by atoms with Crippen LogP contribution in [0.25, 0.3) is 0 Å². The summed E-state index contributed by atoms with van der Waals surface area (Å²) in [5.74, 6) is 1.34. The van der Waals surface area contributed by atoms with Gasteiger partial charge in [-0.25, -0.2) is 0 Å². The lowest BCUT2D eigenvalue weighted by atomic mass is 10.2. The van der Waals surface area contributed by atoms with Gasteiger partial charge >= 0.3 is 0 Å². The third kappa shape index (κ3) is 4.43. The summed E-state index contributed by atoms with van der Waals surface area (Å²) in [6, 6.07) is 18.5. The minimum atomic E-state index is -0.290. The highest BCUT2D eigenvalue weighted by atomic mass is 35.5. The van der Waals surface area contributed by atoms with Crippen molar-refractivity contribution < 1.29 is 13.9 Å². The van der Waals surface area contributed by atoms with Crippen molar-refractivity contribution in [1.29, 1.82) is 0 Å². The first kappa shape index (κ1) is 17.1. The van der Waals surface area contributed by atoms with Crippen LogP contribution in [0.5, 0.6) is 5.75 Å². The van der Waals surface area contributed by atoms with Gasteiger partial charge in [-0.2, -0.15) is 0 Å². The molecule has 1 heterocycles. The molecule has 0 aliphatic heterocycles. The molecule has 0 fully saturated rings. The van der Waals surface area contributed by atoms with Crippen LogP contribution in [-0.4, -0.2) is 5.91 Å². The summed E-state index contributed by atoms with van der Waals surface area (Å²) in [4.78, 5) is 12.2. The van der Waals surface area contributed by atoms with Gasteiger partial charge in [0.15, 0.2) is 5.76 Å². The topological polar surface area (TPSA) is 51.5 Å². The molecule has 5 heteroatoms. The van der Waals surface area contributed by atoms with Crippen molar-refractivity contribution in [3.8, 4) is 5.75 Å². The van der Waals surface area contributed by atoms with Gasteiger partial charge in [0, 0.05) is 11.6 Å². The number of amides is 1. The van der Waals surface area contributed by atoms with E-state index >= 15 is 0 Å². The van der Waals surface area contributed by atoms with Gasteiger partial charge in [-0.1, -0.05) is 48.0 Å². The first-order valence-electron chi connectivity index (χ1n) is 7.92. The highest BCUT2D eigenvalue weighted by Crippen LogP contribution is 2.19. The Bertz CT molecular complexity index is 873. The first-order valence-corrected chi connectivity index (χ1v) is 8.30. The van der Waals surface area contributed by atoms with Crippen molar-refractivity contribution in [2.45, 2.75) is 20.1 Å². The van der Waals surface area contributed by atoms with E-state index < -0.39 is 0 Å². The lowest BCUT2D eigenvalue weighted by Gasteiger charge is -2.07. The highest BCUT2D eigenvalue weighted by molar-refractivity contribution is 6.31. The second-order valence-corrected chi connectivity index (χ2v) is 6.00. The second-order valence-electron chi connectivity index (χ2n) is 5.59. The fraction of sp³-hybridized carbons (Fsp3) is 0.150. The van der Waals surface area contributed by atoms with Gasteiger partial charge in [0.2, 0.25) is 0 Å². The number of para-hydroxylation sites is 1. The summed E-state index contributed by atoms with van der Waals surface area (Å²) in [5, 5.41) is 3.41. The maximum absolute atomic E-state index is 12.2. The van der Waals surface area contributed by atoms with E-state index in [0.717, 1.165) is 16.9 Å². The Kier molecular flexibility index (Phi) is 5.41. The molecule has 0 aliphatic rings. The molecule has 1 amide bonds. The van der Waals surface area contributed by atoms with E-state index in [1.54, 1.807) is 18.2 Å². The van der Waals surface area contributed by atoms with Gasteiger partial charge in [-0.3, -0.25) is 4.79 Å². The molecule has 3 aromatic rings. The number of carbonyl (C=O) groups is 1. The van der Waals surface area contributed by atoms with Crippen molar-refractivity contribution in [2.24, 2.45) is 0 Å². The summed E-state index contributed by atoms with van der Waals surface area (Å²) >= 11 is 6.08. The van der Waals surface area contributed by atoms with Gasteiger partial charge in [-0.05, 0) is 42.3 Å². The number of hydrogen-bond donors (Lipinski definition) is 1. The molecule has 0 spiro atoms. The molecule has 3 rings (SSSR count). The van der Waals surface area contributed by atoms with Crippen LogP contribution in [0.4, 0.5) is 0 Å². The number of ether oxygens (including phenoxy) is 1. The number of rotatable bonds is 6. The maximum atomic E-state index is 12.2. The predicted octanol–water partition coefficient (Wildman–Crippen LogP) is 4.75. The highest BCUT2D eigenvalue weighted by Gasteiger charge is 2.12. The minimum Gasteiger partial charge on any atom is -0.485 e. The standard InChI is InChI=1S/C20H18ClNO3/c1-14-6-2-5-9-18(14)24-13-16-10-11-19(25-16)20(23)22-12-15-7-3-4-8-17(15)21/h2-11H,12-13H2,1H3,(H,22,23). The maximum Gasteiger partial charge on any atom is 0.287 e. The van der Waals surface area contributed by atoms with E-state index in [0.29, 0.717) is 17.3 Å². The predicted molar refractivity (Wildman–Crippen MR) is 96.8 cm³/mol. The van der Waals surface area contributed by atoms with Crippen molar-refractivity contribution in [2.75, 3.05) is 0 Å². The van der Waals surface area contributed by atoms with Crippen LogP contribution < -0.4 is 10.1 Å². The molecule has 0 saturated carbocycles. The molecule has 0 saturated heterocycles. The molecule has 128 valence electrons. The van der Waals surface area contributed by atoms with Crippen LogP contribution in [0.1, 0.15) is 27.4 Å². The normalized spacial score (nSPS) is 10.5. The smallest absolute Gasteiger partial charge is 0.287 e. The van der Waals surface area contributed by atoms with E-state index in [-0.39, 0.29) is 18.3 Å². The molecule has 0 bridgehead atoms. The van der Waals surface area contributed by atoms with Crippen molar-refractivity contribution >= 4 is 17.5 Å². The van der Waals surface area contributed by atoms with E-state index in [4.69, 9.17) is 20.8 Å². The molecule has 0 aliphatic carbocycles. The van der Waals surface area contributed by atoms with Crippen LogP contribution in [-0.2, 0) is 13.2 Å². The van der Waals surface area contributed by atoms with Crippen LogP contribution in [0, 0.1) is 6.92 Å². The lowest BCUT2D eigenvalue weighted by molar-refractivity contribution is 0.0919. The Morgan fingerprint density at radius 1 is 1.08 bits per heavy atom. The molecule has 0 unspecified atom stereocenters. The van der Waals surface area contributed by atoms with Gasteiger partial charge in [0.25, 0.3) is 5.91 Å². The number of furan rings is 1. The van der Waals surface area contributed by atoms with Gasteiger partial charge in [0.1, 0.15) is 18.1 Å². The zero-order chi connectivity index (χ0) is 17.6. The van der Waals surface area contributed by atoms with Crippen LogP contribution in [0.3, 0.4) is 0 Å². The van der Waals surface area contributed by atoms with Gasteiger partial charge < -0.3 is 14.5 Å². The van der Waals surface area contributed by atoms with Crippen LogP contribution in [0.15, 0.2) is 65.1 Å². The number of halogens is 1. The SMILES string of the molecule is Cc1ccccc1OCc1ccc(C(=O)NCc2ccccc2Cl)o1.